The Kier molecular flexibility index (Phi) is 5.79. The number of halogens is 2. The molecule has 3 aromatic rings. The van der Waals surface area contributed by atoms with Crippen molar-refractivity contribution in [3.8, 4) is 0 Å². The van der Waals surface area contributed by atoms with Gasteiger partial charge in [-0.1, -0.05) is 29.8 Å². The summed E-state index contributed by atoms with van der Waals surface area (Å²) in [6, 6.07) is 13.6. The number of anilines is 2. The Bertz CT molecular complexity index is 1050. The minimum absolute atomic E-state index is 0.0198. The van der Waals surface area contributed by atoms with E-state index < -0.39 is 15.8 Å². The highest BCUT2D eigenvalue weighted by Gasteiger charge is 2.15. The molecule has 0 aliphatic carbocycles. The molecule has 0 bridgehead atoms. The molecule has 27 heavy (non-hydrogen) atoms. The largest absolute Gasteiger partial charge is 0.326 e. The number of carbonyl (C=O) groups excluding carboxylic acids is 1. The first-order chi connectivity index (χ1) is 12.8. The van der Waals surface area contributed by atoms with Crippen LogP contribution in [0.3, 0.4) is 0 Å². The average Bonchev–Trinajstić information content (AvgIpc) is 3.15. The molecule has 1 heterocycles. The van der Waals surface area contributed by atoms with Crippen molar-refractivity contribution in [1.82, 2.24) is 0 Å². The van der Waals surface area contributed by atoms with Gasteiger partial charge < -0.3 is 5.32 Å². The number of carbonyl (C=O) groups is 1. The maximum absolute atomic E-state index is 13.4. The van der Waals surface area contributed by atoms with Crippen molar-refractivity contribution in [3.05, 3.63) is 76.4 Å². The molecule has 0 radical (unpaired) electrons. The standard InChI is InChI=1S/C18H14ClFN2O3S2/c19-15-8-7-14(11-16(15)20)21-17(23)10-12-3-5-13(6-4-12)22-27(24,25)18-2-1-9-26-18/h1-9,11,22H,10H2,(H,21,23). The van der Waals surface area contributed by atoms with E-state index in [1.807, 2.05) is 0 Å². The van der Waals surface area contributed by atoms with Gasteiger partial charge >= 0.3 is 0 Å². The van der Waals surface area contributed by atoms with Gasteiger partial charge in [-0.15, -0.1) is 11.3 Å². The van der Waals surface area contributed by atoms with Crippen LogP contribution in [-0.2, 0) is 21.2 Å². The molecule has 1 amide bonds. The van der Waals surface area contributed by atoms with E-state index in [1.165, 1.54) is 18.2 Å². The van der Waals surface area contributed by atoms with Crippen LogP contribution in [0.15, 0.2) is 64.2 Å². The lowest BCUT2D eigenvalue weighted by molar-refractivity contribution is -0.115. The van der Waals surface area contributed by atoms with Gasteiger partial charge in [0.1, 0.15) is 10.0 Å². The van der Waals surface area contributed by atoms with E-state index >= 15 is 0 Å². The predicted molar refractivity (Wildman–Crippen MR) is 105 cm³/mol. The number of nitrogens with one attached hydrogen (secondary N) is 2. The van der Waals surface area contributed by atoms with Crippen molar-refractivity contribution in [2.75, 3.05) is 10.0 Å². The highest BCUT2D eigenvalue weighted by molar-refractivity contribution is 7.94. The molecule has 2 aromatic carbocycles. The van der Waals surface area contributed by atoms with Crippen molar-refractivity contribution in [1.29, 1.82) is 0 Å². The summed E-state index contributed by atoms with van der Waals surface area (Å²) in [6.07, 6.45) is 0.0577. The van der Waals surface area contributed by atoms with Gasteiger partial charge in [-0.25, -0.2) is 12.8 Å². The van der Waals surface area contributed by atoms with Crippen LogP contribution < -0.4 is 10.0 Å². The second kappa shape index (κ2) is 8.08. The first kappa shape index (κ1) is 19.3. The molecule has 9 heteroatoms. The molecule has 0 aliphatic heterocycles. The minimum atomic E-state index is -3.61. The van der Waals surface area contributed by atoms with Crippen LogP contribution in [0.2, 0.25) is 5.02 Å². The van der Waals surface area contributed by atoms with Gasteiger partial charge in [-0.05, 0) is 47.3 Å². The lowest BCUT2D eigenvalue weighted by Crippen LogP contribution is -2.15. The SMILES string of the molecule is O=C(Cc1ccc(NS(=O)(=O)c2cccs2)cc1)Nc1ccc(Cl)c(F)c1. The van der Waals surface area contributed by atoms with Crippen LogP contribution in [0, 0.1) is 5.82 Å². The summed E-state index contributed by atoms with van der Waals surface area (Å²) >= 11 is 6.73. The number of hydrogen-bond acceptors (Lipinski definition) is 4. The molecule has 3 rings (SSSR count). The van der Waals surface area contributed by atoms with Crippen LogP contribution in [-0.4, -0.2) is 14.3 Å². The Labute approximate surface area is 164 Å². The summed E-state index contributed by atoms with van der Waals surface area (Å²) < 4.78 is 40.5. The maximum Gasteiger partial charge on any atom is 0.271 e. The zero-order chi connectivity index (χ0) is 19.4. The van der Waals surface area contributed by atoms with Crippen molar-refractivity contribution in [2.24, 2.45) is 0 Å². The number of hydrogen-bond donors (Lipinski definition) is 2. The summed E-state index contributed by atoms with van der Waals surface area (Å²) in [7, 11) is -3.61. The van der Waals surface area contributed by atoms with Crippen LogP contribution >= 0.6 is 22.9 Å². The van der Waals surface area contributed by atoms with E-state index in [9.17, 15) is 17.6 Å². The van der Waals surface area contributed by atoms with Crippen LogP contribution in [0.4, 0.5) is 15.8 Å². The third kappa shape index (κ3) is 5.06. The molecule has 0 saturated carbocycles. The Morgan fingerprint density at radius 1 is 1.07 bits per heavy atom. The molecule has 0 aliphatic rings. The zero-order valence-electron chi connectivity index (χ0n) is 13.8. The fraction of sp³-hybridized carbons (Fsp3) is 0.0556. The Morgan fingerprint density at radius 2 is 1.78 bits per heavy atom. The molecule has 0 spiro atoms. The minimum Gasteiger partial charge on any atom is -0.326 e. The van der Waals surface area contributed by atoms with E-state index in [1.54, 1.807) is 35.7 Å². The predicted octanol–water partition coefficient (Wildman–Crippen LogP) is 4.52. The summed E-state index contributed by atoms with van der Waals surface area (Å²) in [4.78, 5) is 12.1. The van der Waals surface area contributed by atoms with Gasteiger partial charge in [-0.2, -0.15) is 0 Å². The van der Waals surface area contributed by atoms with E-state index in [4.69, 9.17) is 11.6 Å². The number of sulfonamides is 1. The quantitative estimate of drug-likeness (QED) is 0.610. The molecule has 2 N–H and O–H groups in total. The van der Waals surface area contributed by atoms with E-state index in [0.29, 0.717) is 16.9 Å². The fourth-order valence-electron chi connectivity index (χ4n) is 2.28. The van der Waals surface area contributed by atoms with Gasteiger partial charge in [0.25, 0.3) is 10.0 Å². The summed E-state index contributed by atoms with van der Waals surface area (Å²) in [5.41, 5.74) is 1.38. The third-order valence-corrected chi connectivity index (χ3v) is 6.62. The smallest absolute Gasteiger partial charge is 0.271 e. The zero-order valence-corrected chi connectivity index (χ0v) is 16.2. The van der Waals surface area contributed by atoms with Gasteiger partial charge in [0.15, 0.2) is 0 Å². The molecule has 0 unspecified atom stereocenters. The highest BCUT2D eigenvalue weighted by atomic mass is 35.5. The Morgan fingerprint density at radius 3 is 2.41 bits per heavy atom. The molecule has 0 saturated heterocycles. The van der Waals surface area contributed by atoms with E-state index in [-0.39, 0.29) is 21.6 Å². The number of benzene rings is 2. The van der Waals surface area contributed by atoms with Gasteiger partial charge in [0.2, 0.25) is 5.91 Å². The van der Waals surface area contributed by atoms with Crippen LogP contribution in [0.5, 0.6) is 0 Å². The van der Waals surface area contributed by atoms with Crippen molar-refractivity contribution >= 4 is 50.2 Å². The summed E-state index contributed by atoms with van der Waals surface area (Å²) in [6.45, 7) is 0. The number of rotatable bonds is 6. The second-order valence-corrected chi connectivity index (χ2v) is 8.85. The highest BCUT2D eigenvalue weighted by Crippen LogP contribution is 2.21. The van der Waals surface area contributed by atoms with Crippen molar-refractivity contribution in [2.45, 2.75) is 10.6 Å². The molecule has 1 aromatic heterocycles. The number of amides is 1. The normalized spacial score (nSPS) is 11.2. The van der Waals surface area contributed by atoms with E-state index in [0.717, 1.165) is 17.4 Å². The first-order valence-electron chi connectivity index (χ1n) is 7.74. The second-order valence-electron chi connectivity index (χ2n) is 5.59. The first-order valence-corrected chi connectivity index (χ1v) is 10.5. The Balaban J connectivity index is 1.62. The van der Waals surface area contributed by atoms with Crippen LogP contribution in [0.25, 0.3) is 0 Å². The molecule has 140 valence electrons. The van der Waals surface area contributed by atoms with Gasteiger partial charge in [0, 0.05) is 11.4 Å². The van der Waals surface area contributed by atoms with Crippen LogP contribution in [0.1, 0.15) is 5.56 Å². The average molecular weight is 425 g/mol. The summed E-state index contributed by atoms with van der Waals surface area (Å²) in [5.74, 6) is -0.944. The topological polar surface area (TPSA) is 75.3 Å². The lowest BCUT2D eigenvalue weighted by atomic mass is 10.1. The molecular weight excluding hydrogens is 411 g/mol. The van der Waals surface area contributed by atoms with Gasteiger partial charge in [0.05, 0.1) is 11.4 Å². The molecule has 5 nitrogen and oxygen atoms in total. The van der Waals surface area contributed by atoms with E-state index in [2.05, 4.69) is 10.0 Å². The Hall–Kier alpha value is -2.42. The third-order valence-electron chi connectivity index (χ3n) is 3.53. The molecule has 0 fully saturated rings. The van der Waals surface area contributed by atoms with Crippen molar-refractivity contribution < 1.29 is 17.6 Å². The molecular formula is C18H14ClFN2O3S2. The fourth-order valence-corrected chi connectivity index (χ4v) is 4.45. The maximum atomic E-state index is 13.4. The van der Waals surface area contributed by atoms with Gasteiger partial charge in [-0.3, -0.25) is 9.52 Å². The lowest BCUT2D eigenvalue weighted by Gasteiger charge is -2.08. The van der Waals surface area contributed by atoms with Crippen molar-refractivity contribution in [3.63, 3.8) is 0 Å². The molecule has 0 atom stereocenters. The summed E-state index contributed by atoms with van der Waals surface area (Å²) in [5, 5.41) is 4.25. The monoisotopic (exact) mass is 424 g/mol. The number of thiophene rings is 1.